The van der Waals surface area contributed by atoms with Gasteiger partial charge in [-0.1, -0.05) is 11.6 Å². The van der Waals surface area contributed by atoms with Gasteiger partial charge in [-0.3, -0.25) is 4.57 Å². The van der Waals surface area contributed by atoms with Crippen molar-refractivity contribution in [1.82, 2.24) is 9.55 Å². The normalized spacial score (nSPS) is 10.3. The number of aromatic nitrogens is 2. The number of benzene rings is 1. The van der Waals surface area contributed by atoms with Crippen LogP contribution in [-0.4, -0.2) is 25.6 Å². The van der Waals surface area contributed by atoms with Crippen molar-refractivity contribution in [3.05, 3.63) is 51.4 Å². The minimum absolute atomic E-state index is 0.0604. The second-order valence-corrected chi connectivity index (χ2v) is 3.80. The summed E-state index contributed by atoms with van der Waals surface area (Å²) in [4.78, 5) is 24.5. The van der Waals surface area contributed by atoms with Crippen LogP contribution in [-0.2, 0) is 0 Å². The molecule has 1 aromatic heterocycles. The van der Waals surface area contributed by atoms with Gasteiger partial charge in [-0.05, 0) is 28.1 Å². The SMILES string of the molecule is O=C(O)c1cc(Cl)ccc1-n1cnc([N+](=O)[O-])c1. The number of imidazole rings is 1. The smallest absolute Gasteiger partial charge is 0.381 e. The highest BCUT2D eigenvalue weighted by molar-refractivity contribution is 6.31. The Morgan fingerprint density at radius 3 is 2.78 bits per heavy atom. The van der Waals surface area contributed by atoms with E-state index < -0.39 is 10.9 Å². The van der Waals surface area contributed by atoms with E-state index in [1.807, 2.05) is 0 Å². The van der Waals surface area contributed by atoms with E-state index in [4.69, 9.17) is 16.7 Å². The van der Waals surface area contributed by atoms with Crippen LogP contribution in [0.15, 0.2) is 30.7 Å². The van der Waals surface area contributed by atoms with Crippen LogP contribution in [0, 0.1) is 10.1 Å². The molecule has 0 saturated heterocycles. The summed E-state index contributed by atoms with van der Waals surface area (Å²) < 4.78 is 1.26. The summed E-state index contributed by atoms with van der Waals surface area (Å²) in [5.41, 5.74) is 0.197. The number of carboxylic acid groups (broad SMARTS) is 1. The fourth-order valence-electron chi connectivity index (χ4n) is 1.44. The van der Waals surface area contributed by atoms with Gasteiger partial charge < -0.3 is 15.2 Å². The van der Waals surface area contributed by atoms with Crippen molar-refractivity contribution in [2.45, 2.75) is 0 Å². The lowest BCUT2D eigenvalue weighted by atomic mass is 10.2. The monoisotopic (exact) mass is 267 g/mol. The van der Waals surface area contributed by atoms with Crippen LogP contribution in [0.2, 0.25) is 5.02 Å². The van der Waals surface area contributed by atoms with Gasteiger partial charge in [-0.2, -0.15) is 0 Å². The Morgan fingerprint density at radius 2 is 2.22 bits per heavy atom. The first-order valence-corrected chi connectivity index (χ1v) is 5.08. The first-order chi connectivity index (χ1) is 8.49. The van der Waals surface area contributed by atoms with Crippen LogP contribution in [0.3, 0.4) is 0 Å². The molecule has 18 heavy (non-hydrogen) atoms. The molecule has 0 unspecified atom stereocenters. The summed E-state index contributed by atoms with van der Waals surface area (Å²) in [7, 11) is 0. The third-order valence-corrected chi connectivity index (χ3v) is 2.46. The molecule has 0 aliphatic heterocycles. The highest BCUT2D eigenvalue weighted by atomic mass is 35.5. The molecule has 0 amide bonds. The molecule has 0 saturated carbocycles. The van der Waals surface area contributed by atoms with Gasteiger partial charge in [0, 0.05) is 5.02 Å². The Balaban J connectivity index is 2.55. The zero-order valence-electron chi connectivity index (χ0n) is 8.78. The van der Waals surface area contributed by atoms with Gasteiger partial charge in [0.25, 0.3) is 0 Å². The first-order valence-electron chi connectivity index (χ1n) is 4.70. The van der Waals surface area contributed by atoms with Gasteiger partial charge in [-0.15, -0.1) is 0 Å². The molecule has 1 heterocycles. The van der Waals surface area contributed by atoms with Crippen molar-refractivity contribution in [2.75, 3.05) is 0 Å². The van der Waals surface area contributed by atoms with Crippen LogP contribution >= 0.6 is 11.6 Å². The topological polar surface area (TPSA) is 98.3 Å². The molecule has 1 N–H and O–H groups in total. The highest BCUT2D eigenvalue weighted by Crippen LogP contribution is 2.21. The molecule has 0 bridgehead atoms. The molecular formula is C10H6ClN3O4. The lowest BCUT2D eigenvalue weighted by Crippen LogP contribution is -2.04. The van der Waals surface area contributed by atoms with Crippen molar-refractivity contribution in [2.24, 2.45) is 0 Å². The molecule has 2 aromatic rings. The number of carbonyl (C=O) groups is 1. The highest BCUT2D eigenvalue weighted by Gasteiger charge is 2.16. The van der Waals surface area contributed by atoms with E-state index in [0.29, 0.717) is 0 Å². The molecule has 0 atom stereocenters. The molecule has 0 aliphatic carbocycles. The second kappa shape index (κ2) is 4.46. The number of aromatic carboxylic acids is 1. The van der Waals surface area contributed by atoms with Crippen molar-refractivity contribution < 1.29 is 14.8 Å². The molecule has 2 rings (SSSR count). The number of nitro groups is 1. The zero-order chi connectivity index (χ0) is 13.3. The Bertz CT molecular complexity index is 638. The Labute approximate surface area is 105 Å². The molecule has 0 radical (unpaired) electrons. The van der Waals surface area contributed by atoms with Crippen molar-refractivity contribution >= 4 is 23.4 Å². The van der Waals surface area contributed by atoms with Crippen molar-refractivity contribution in [3.63, 3.8) is 0 Å². The minimum Gasteiger partial charge on any atom is -0.478 e. The van der Waals surface area contributed by atoms with Gasteiger partial charge in [0.1, 0.15) is 6.20 Å². The van der Waals surface area contributed by atoms with Crippen LogP contribution in [0.25, 0.3) is 5.69 Å². The number of nitrogens with zero attached hydrogens (tertiary/aromatic N) is 3. The molecule has 1 aromatic carbocycles. The zero-order valence-corrected chi connectivity index (χ0v) is 9.53. The summed E-state index contributed by atoms with van der Waals surface area (Å²) in [6.45, 7) is 0. The third-order valence-electron chi connectivity index (χ3n) is 2.22. The molecule has 0 fully saturated rings. The van der Waals surface area contributed by atoms with Crippen LogP contribution in [0.4, 0.5) is 5.82 Å². The van der Waals surface area contributed by atoms with Crippen LogP contribution in [0.5, 0.6) is 0 Å². The fourth-order valence-corrected chi connectivity index (χ4v) is 1.62. The second-order valence-electron chi connectivity index (χ2n) is 3.36. The standard InChI is InChI=1S/C10H6ClN3O4/c11-6-1-2-8(7(3-6)10(15)16)13-4-9(12-5-13)14(17)18/h1-5H,(H,15,16). The van der Waals surface area contributed by atoms with E-state index >= 15 is 0 Å². The maximum atomic E-state index is 11.1. The van der Waals surface area contributed by atoms with E-state index in [1.165, 1.54) is 29.1 Å². The van der Waals surface area contributed by atoms with Gasteiger partial charge >= 0.3 is 11.8 Å². The predicted octanol–water partition coefficient (Wildman–Crippen LogP) is 2.13. The first kappa shape index (κ1) is 12.1. The predicted molar refractivity (Wildman–Crippen MR) is 62.2 cm³/mol. The quantitative estimate of drug-likeness (QED) is 0.678. The van der Waals surface area contributed by atoms with E-state index in [-0.39, 0.29) is 22.1 Å². The van der Waals surface area contributed by atoms with Crippen molar-refractivity contribution in [1.29, 1.82) is 0 Å². The molecule has 0 spiro atoms. The maximum Gasteiger partial charge on any atom is 0.381 e. The van der Waals surface area contributed by atoms with Gasteiger partial charge in [0.2, 0.25) is 6.33 Å². The van der Waals surface area contributed by atoms with Crippen LogP contribution < -0.4 is 0 Å². The number of halogens is 1. The molecule has 8 heteroatoms. The summed E-state index contributed by atoms with van der Waals surface area (Å²) in [6.07, 6.45) is 2.31. The van der Waals surface area contributed by atoms with E-state index in [9.17, 15) is 14.9 Å². The lowest BCUT2D eigenvalue weighted by Gasteiger charge is -2.05. The summed E-state index contributed by atoms with van der Waals surface area (Å²) in [6, 6.07) is 4.22. The largest absolute Gasteiger partial charge is 0.478 e. The fraction of sp³-hybridized carbons (Fsp3) is 0. The molecular weight excluding hydrogens is 262 g/mol. The molecule has 92 valence electrons. The minimum atomic E-state index is -1.18. The Morgan fingerprint density at radius 1 is 1.50 bits per heavy atom. The Hall–Kier alpha value is -2.41. The molecule has 0 aliphatic rings. The van der Waals surface area contributed by atoms with E-state index in [2.05, 4.69) is 4.98 Å². The van der Waals surface area contributed by atoms with E-state index in [1.54, 1.807) is 0 Å². The van der Waals surface area contributed by atoms with Crippen LogP contribution in [0.1, 0.15) is 10.4 Å². The average Bonchev–Trinajstić information content (AvgIpc) is 2.78. The summed E-state index contributed by atoms with van der Waals surface area (Å²) >= 11 is 5.71. The number of rotatable bonds is 3. The number of hydrogen-bond donors (Lipinski definition) is 1. The van der Waals surface area contributed by atoms with E-state index in [0.717, 1.165) is 6.20 Å². The third kappa shape index (κ3) is 2.16. The summed E-state index contributed by atoms with van der Waals surface area (Å²) in [5.74, 6) is -1.54. The molecule has 7 nitrogen and oxygen atoms in total. The average molecular weight is 268 g/mol. The van der Waals surface area contributed by atoms with Gasteiger partial charge in [0.05, 0.1) is 11.3 Å². The number of hydrogen-bond acceptors (Lipinski definition) is 4. The lowest BCUT2D eigenvalue weighted by molar-refractivity contribution is -0.389. The maximum absolute atomic E-state index is 11.1. The number of carboxylic acids is 1. The van der Waals surface area contributed by atoms with Gasteiger partial charge in [-0.25, -0.2) is 4.79 Å². The van der Waals surface area contributed by atoms with Crippen molar-refractivity contribution in [3.8, 4) is 5.69 Å². The van der Waals surface area contributed by atoms with Gasteiger partial charge in [0.15, 0.2) is 0 Å². The Kier molecular flexibility index (Phi) is 2.99. The summed E-state index contributed by atoms with van der Waals surface area (Å²) in [5, 5.41) is 19.8.